The maximum absolute atomic E-state index is 13.5. The number of hydrogen-bond donors (Lipinski definition) is 2. The molecule has 0 spiro atoms. The van der Waals surface area contributed by atoms with E-state index >= 15 is 0 Å². The van der Waals surface area contributed by atoms with E-state index in [2.05, 4.69) is 46.6 Å². The number of aryl methyl sites for hydroxylation is 1. The molecule has 220 valence electrons. The van der Waals surface area contributed by atoms with Crippen LogP contribution in [-0.2, 0) is 17.9 Å². The summed E-state index contributed by atoms with van der Waals surface area (Å²) >= 11 is 1.57. The topological polar surface area (TPSA) is 69.6 Å². The van der Waals surface area contributed by atoms with Gasteiger partial charge in [-0.2, -0.15) is 11.8 Å². The van der Waals surface area contributed by atoms with E-state index in [4.69, 9.17) is 0 Å². The second-order valence-corrected chi connectivity index (χ2v) is 12.3. The summed E-state index contributed by atoms with van der Waals surface area (Å²) in [6.45, 7) is 4.75. The van der Waals surface area contributed by atoms with E-state index in [0.717, 1.165) is 47.8 Å². The predicted octanol–water partition coefficient (Wildman–Crippen LogP) is 6.92. The first-order valence-corrected chi connectivity index (χ1v) is 16.3. The van der Waals surface area contributed by atoms with Crippen molar-refractivity contribution in [3.05, 3.63) is 95.1 Å². The number of nitrogens with one attached hydrogen (secondary N) is 1. The van der Waals surface area contributed by atoms with Crippen LogP contribution in [0.3, 0.4) is 0 Å². The van der Waals surface area contributed by atoms with Crippen LogP contribution in [0.25, 0.3) is 11.1 Å². The summed E-state index contributed by atoms with van der Waals surface area (Å²) in [5.41, 5.74) is 5.88. The molecule has 4 rings (SSSR count). The molecule has 1 aliphatic carbocycles. The standard InChI is InChI=1S/C35H44N2O3S.Li.H/c1-26-11-9-10-16-30(26)32-23-29(17-18-31(32)34(38)36-33(35(39)40)20-22-41-2)25-37(24-28-14-7-4-8-15-28)21-19-27-12-5-3-6-13-27;;/h4,7-11,14-18,23,27,33H,3,5-6,12-13,19-22,24-25H2,1-2H3,(H,36,38)(H,39,40);;. The number of nitrogens with zero attached hydrogens (tertiary/aromatic N) is 1. The van der Waals surface area contributed by atoms with E-state index in [1.807, 2.05) is 49.6 Å². The van der Waals surface area contributed by atoms with Crippen LogP contribution < -0.4 is 5.32 Å². The Labute approximate surface area is 268 Å². The zero-order valence-electron chi connectivity index (χ0n) is 24.5. The second kappa shape index (κ2) is 17.6. The summed E-state index contributed by atoms with van der Waals surface area (Å²) < 4.78 is 0. The van der Waals surface area contributed by atoms with Gasteiger partial charge in [0.2, 0.25) is 0 Å². The van der Waals surface area contributed by atoms with Crippen molar-refractivity contribution in [3.8, 4) is 11.1 Å². The van der Waals surface area contributed by atoms with Crippen molar-refractivity contribution in [1.29, 1.82) is 0 Å². The van der Waals surface area contributed by atoms with Crippen LogP contribution in [0, 0.1) is 12.8 Å². The van der Waals surface area contributed by atoms with Gasteiger partial charge in [0.15, 0.2) is 0 Å². The first kappa shape index (κ1) is 34.0. The van der Waals surface area contributed by atoms with Gasteiger partial charge in [-0.15, -0.1) is 0 Å². The molecule has 3 aromatic carbocycles. The summed E-state index contributed by atoms with van der Waals surface area (Å²) in [5.74, 6) is 0.125. The van der Waals surface area contributed by atoms with Crippen LogP contribution in [0.4, 0.5) is 0 Å². The molecule has 1 aliphatic rings. The molecular weight excluding hydrogens is 535 g/mol. The third kappa shape index (κ3) is 10.1. The number of aliphatic carboxylic acids is 1. The number of hydrogen-bond acceptors (Lipinski definition) is 4. The van der Waals surface area contributed by atoms with Crippen LogP contribution in [-0.4, -0.2) is 65.3 Å². The van der Waals surface area contributed by atoms with E-state index in [0.29, 0.717) is 17.7 Å². The van der Waals surface area contributed by atoms with E-state index in [1.54, 1.807) is 11.8 Å². The molecule has 42 heavy (non-hydrogen) atoms. The fourth-order valence-electron chi connectivity index (χ4n) is 5.87. The molecule has 2 N–H and O–H groups in total. The van der Waals surface area contributed by atoms with Crippen molar-refractivity contribution in [2.75, 3.05) is 18.6 Å². The number of carbonyl (C=O) groups is 2. The first-order chi connectivity index (χ1) is 19.9. The molecule has 1 fully saturated rings. The fraction of sp³-hybridized carbons (Fsp3) is 0.429. The normalized spacial score (nSPS) is 14.3. The summed E-state index contributed by atoms with van der Waals surface area (Å²) in [6.07, 6.45) is 10.3. The van der Waals surface area contributed by atoms with Gasteiger partial charge < -0.3 is 10.4 Å². The number of benzene rings is 3. The van der Waals surface area contributed by atoms with Gasteiger partial charge in [-0.3, -0.25) is 9.69 Å². The summed E-state index contributed by atoms with van der Waals surface area (Å²) in [7, 11) is 0. The number of rotatable bonds is 14. The van der Waals surface area contributed by atoms with Crippen LogP contribution in [0.1, 0.15) is 72.0 Å². The van der Waals surface area contributed by atoms with Gasteiger partial charge >= 0.3 is 24.8 Å². The molecule has 1 atom stereocenters. The van der Waals surface area contributed by atoms with Gasteiger partial charge in [-0.25, -0.2) is 4.79 Å². The predicted molar refractivity (Wildman–Crippen MR) is 177 cm³/mol. The summed E-state index contributed by atoms with van der Waals surface area (Å²) in [4.78, 5) is 27.9. The molecule has 0 saturated heterocycles. The van der Waals surface area contributed by atoms with E-state index in [9.17, 15) is 14.7 Å². The average molecular weight is 581 g/mol. The van der Waals surface area contributed by atoms with Crippen molar-refractivity contribution in [1.82, 2.24) is 10.2 Å². The van der Waals surface area contributed by atoms with Crippen molar-refractivity contribution in [2.24, 2.45) is 5.92 Å². The minimum absolute atomic E-state index is 0. The fourth-order valence-corrected chi connectivity index (χ4v) is 6.34. The quantitative estimate of drug-likeness (QED) is 0.203. The van der Waals surface area contributed by atoms with Crippen molar-refractivity contribution >= 4 is 42.5 Å². The number of carboxylic acid groups (broad SMARTS) is 1. The Balaban J connectivity index is 0.00000484. The van der Waals surface area contributed by atoms with Gasteiger partial charge in [0.25, 0.3) is 5.91 Å². The molecular formula is C35H45LiN2O3S. The monoisotopic (exact) mass is 580 g/mol. The summed E-state index contributed by atoms with van der Waals surface area (Å²) in [5, 5.41) is 12.5. The van der Waals surface area contributed by atoms with Gasteiger partial charge in [0.05, 0.1) is 0 Å². The second-order valence-electron chi connectivity index (χ2n) is 11.3. The van der Waals surface area contributed by atoms with E-state index in [-0.39, 0.29) is 24.8 Å². The zero-order valence-corrected chi connectivity index (χ0v) is 25.3. The Morgan fingerprint density at radius 3 is 2.31 bits per heavy atom. The molecule has 0 bridgehead atoms. The minimum atomic E-state index is -1.00. The summed E-state index contributed by atoms with van der Waals surface area (Å²) in [6, 6.07) is 23.8. The molecule has 1 saturated carbocycles. The number of carboxylic acids is 1. The Morgan fingerprint density at radius 1 is 0.929 bits per heavy atom. The number of amides is 1. The van der Waals surface area contributed by atoms with Gasteiger partial charge in [0, 0.05) is 18.7 Å². The third-order valence-electron chi connectivity index (χ3n) is 8.21. The maximum atomic E-state index is 13.5. The van der Waals surface area contributed by atoms with Gasteiger partial charge in [-0.1, -0.05) is 92.8 Å². The van der Waals surface area contributed by atoms with E-state index in [1.165, 1.54) is 44.1 Å². The van der Waals surface area contributed by atoms with Crippen LogP contribution in [0.2, 0.25) is 0 Å². The number of thioether (sulfide) groups is 1. The Bertz CT molecular complexity index is 1280. The third-order valence-corrected chi connectivity index (χ3v) is 8.86. The molecule has 1 unspecified atom stereocenters. The SMILES string of the molecule is CSCCC(NC(=O)c1ccc(CN(CCC2CCCCC2)Cc2ccccc2)cc1-c1ccccc1C)C(=O)O.[LiH]. The van der Waals surface area contributed by atoms with Gasteiger partial charge in [-0.05, 0) is 84.2 Å². The molecule has 0 heterocycles. The van der Waals surface area contributed by atoms with Crippen molar-refractivity contribution in [3.63, 3.8) is 0 Å². The first-order valence-electron chi connectivity index (χ1n) is 14.9. The molecule has 5 nitrogen and oxygen atoms in total. The molecule has 0 radical (unpaired) electrons. The average Bonchev–Trinajstić information content (AvgIpc) is 2.99. The molecule has 0 aromatic heterocycles. The molecule has 1 amide bonds. The van der Waals surface area contributed by atoms with Crippen LogP contribution in [0.5, 0.6) is 0 Å². The van der Waals surface area contributed by atoms with Crippen molar-refractivity contribution < 1.29 is 14.7 Å². The Kier molecular flexibility index (Phi) is 14.2. The Morgan fingerprint density at radius 2 is 1.62 bits per heavy atom. The van der Waals surface area contributed by atoms with Gasteiger partial charge in [0.1, 0.15) is 6.04 Å². The number of carbonyl (C=O) groups excluding carboxylic acids is 1. The van der Waals surface area contributed by atoms with Crippen molar-refractivity contribution in [2.45, 2.75) is 71.0 Å². The zero-order chi connectivity index (χ0) is 29.0. The Hall–Kier alpha value is -2.49. The van der Waals surface area contributed by atoms with Crippen LogP contribution in [0.15, 0.2) is 72.8 Å². The molecule has 7 heteroatoms. The van der Waals surface area contributed by atoms with E-state index < -0.39 is 12.0 Å². The molecule has 3 aromatic rings. The van der Waals surface area contributed by atoms with Crippen LogP contribution >= 0.6 is 11.8 Å². The molecule has 0 aliphatic heterocycles.